The summed E-state index contributed by atoms with van der Waals surface area (Å²) in [6.07, 6.45) is 6.20. The molecule has 4 nitrogen and oxygen atoms in total. The Labute approximate surface area is 201 Å². The van der Waals surface area contributed by atoms with Crippen LogP contribution in [0.4, 0.5) is 4.39 Å². The zero-order chi connectivity index (χ0) is 23.8. The van der Waals surface area contributed by atoms with Crippen LogP contribution in [0.25, 0.3) is 28.1 Å². The van der Waals surface area contributed by atoms with E-state index < -0.39 is 11.9 Å². The van der Waals surface area contributed by atoms with Gasteiger partial charge in [-0.3, -0.25) is 5.10 Å². The zero-order valence-electron chi connectivity index (χ0n) is 19.1. The Morgan fingerprint density at radius 1 is 1.12 bits per heavy atom. The quantitative estimate of drug-likeness (QED) is 0.291. The van der Waals surface area contributed by atoms with E-state index in [-0.39, 0.29) is 0 Å². The lowest BCUT2D eigenvalue weighted by atomic mass is 9.74. The summed E-state index contributed by atoms with van der Waals surface area (Å²) in [7, 11) is 0. The van der Waals surface area contributed by atoms with Crippen molar-refractivity contribution in [3.63, 3.8) is 0 Å². The van der Waals surface area contributed by atoms with Gasteiger partial charge in [0.2, 0.25) is 5.95 Å². The number of halogens is 1. The van der Waals surface area contributed by atoms with E-state index >= 15 is 0 Å². The van der Waals surface area contributed by atoms with Crippen molar-refractivity contribution in [3.05, 3.63) is 92.6 Å². The molecule has 1 fully saturated rings. The summed E-state index contributed by atoms with van der Waals surface area (Å²) in [5, 5.41) is 15.9. The number of carboxylic acid groups (broad SMARTS) is 1. The van der Waals surface area contributed by atoms with E-state index in [1.165, 1.54) is 27.3 Å². The number of benzene rings is 2. The van der Waals surface area contributed by atoms with E-state index in [9.17, 15) is 9.18 Å². The van der Waals surface area contributed by atoms with Crippen LogP contribution in [0.3, 0.4) is 0 Å². The van der Waals surface area contributed by atoms with E-state index in [1.807, 2.05) is 53.8 Å². The summed E-state index contributed by atoms with van der Waals surface area (Å²) < 4.78 is 14.4. The molecule has 1 saturated carbocycles. The molecule has 1 aliphatic carbocycles. The first-order valence-corrected chi connectivity index (χ1v) is 12.2. The fourth-order valence-corrected chi connectivity index (χ4v) is 5.81. The van der Waals surface area contributed by atoms with Gasteiger partial charge in [-0.2, -0.15) is 4.39 Å². The Kier molecular flexibility index (Phi) is 5.92. The number of aliphatic carboxylic acids is 1. The average molecular weight is 473 g/mol. The van der Waals surface area contributed by atoms with Crippen molar-refractivity contribution >= 4 is 45.4 Å². The van der Waals surface area contributed by atoms with Gasteiger partial charge in [0, 0.05) is 15.8 Å². The van der Waals surface area contributed by atoms with Crippen LogP contribution in [0.15, 0.2) is 54.6 Å². The fraction of sp³-hybridized carbons (Fsp3) is 0.214. The number of allylic oxidation sites excluding steroid dienone is 1. The lowest BCUT2D eigenvalue weighted by Crippen LogP contribution is -2.15. The summed E-state index contributed by atoms with van der Waals surface area (Å²) >= 11 is 1.81. The summed E-state index contributed by atoms with van der Waals surface area (Å²) in [6, 6.07) is 15.9. The van der Waals surface area contributed by atoms with Gasteiger partial charge in [-0.1, -0.05) is 36.8 Å². The number of rotatable bonds is 6. The van der Waals surface area contributed by atoms with Crippen LogP contribution < -0.4 is 0 Å². The van der Waals surface area contributed by atoms with Crippen LogP contribution in [0, 0.1) is 25.7 Å². The van der Waals surface area contributed by atoms with Crippen molar-refractivity contribution in [1.82, 2.24) is 10.2 Å². The van der Waals surface area contributed by atoms with Crippen LogP contribution in [-0.2, 0) is 4.79 Å². The molecular formula is C28H25FN2O2S. The van der Waals surface area contributed by atoms with Crippen molar-refractivity contribution in [2.75, 3.05) is 0 Å². The Balaban J connectivity index is 1.75. The molecule has 0 bridgehead atoms. The minimum Gasteiger partial charge on any atom is -0.478 e. The number of fused-ring (bicyclic) bond motifs is 1. The van der Waals surface area contributed by atoms with Crippen LogP contribution in [0.1, 0.15) is 51.3 Å². The van der Waals surface area contributed by atoms with Crippen molar-refractivity contribution < 1.29 is 14.3 Å². The monoisotopic (exact) mass is 472 g/mol. The van der Waals surface area contributed by atoms with Crippen LogP contribution in [0.2, 0.25) is 0 Å². The molecule has 0 amide bonds. The summed E-state index contributed by atoms with van der Waals surface area (Å²) in [4.78, 5) is 13.5. The largest absolute Gasteiger partial charge is 0.478 e. The molecule has 172 valence electrons. The van der Waals surface area contributed by atoms with Gasteiger partial charge in [-0.25, -0.2) is 4.79 Å². The molecule has 0 atom stereocenters. The molecule has 2 aromatic heterocycles. The predicted octanol–water partition coefficient (Wildman–Crippen LogP) is 7.24. The molecule has 0 saturated heterocycles. The highest BCUT2D eigenvalue weighted by Crippen LogP contribution is 2.48. The van der Waals surface area contributed by atoms with Gasteiger partial charge in [0.25, 0.3) is 0 Å². The van der Waals surface area contributed by atoms with Crippen molar-refractivity contribution in [3.8, 4) is 0 Å². The molecule has 6 heteroatoms. The van der Waals surface area contributed by atoms with Gasteiger partial charge >= 0.3 is 5.97 Å². The van der Waals surface area contributed by atoms with Gasteiger partial charge in [0.15, 0.2) is 0 Å². The average Bonchev–Trinajstić information content (AvgIpc) is 3.32. The number of aryl methyl sites for hydroxylation is 2. The summed E-state index contributed by atoms with van der Waals surface area (Å²) in [5.74, 6) is -1.03. The normalized spacial score (nSPS) is 15.0. The molecule has 2 N–H and O–H groups in total. The third-order valence-corrected chi connectivity index (χ3v) is 7.68. The number of aromatic nitrogens is 2. The maximum Gasteiger partial charge on any atom is 0.328 e. The molecule has 0 spiro atoms. The van der Waals surface area contributed by atoms with E-state index in [0.29, 0.717) is 16.8 Å². The van der Waals surface area contributed by atoms with Crippen LogP contribution >= 0.6 is 11.3 Å². The van der Waals surface area contributed by atoms with Crippen molar-refractivity contribution in [2.24, 2.45) is 5.92 Å². The molecule has 0 aliphatic heterocycles. The van der Waals surface area contributed by atoms with E-state index in [2.05, 4.69) is 30.1 Å². The topological polar surface area (TPSA) is 66.0 Å². The molecule has 2 aromatic carbocycles. The van der Waals surface area contributed by atoms with Crippen LogP contribution in [-0.4, -0.2) is 21.3 Å². The lowest BCUT2D eigenvalue weighted by Gasteiger charge is -2.31. The highest BCUT2D eigenvalue weighted by molar-refractivity contribution is 7.13. The first-order chi connectivity index (χ1) is 16.4. The SMILES string of the molecule is Cc1cc(C)c(C(=C(c2ccc(C=CC(=O)O)cc2)c2ccc3[nH]nc(F)c3c2)C2CCC2)s1. The van der Waals surface area contributed by atoms with Gasteiger partial charge in [-0.15, -0.1) is 16.4 Å². The van der Waals surface area contributed by atoms with Gasteiger partial charge in [0.05, 0.1) is 10.9 Å². The fourth-order valence-electron chi connectivity index (χ4n) is 4.65. The lowest BCUT2D eigenvalue weighted by molar-refractivity contribution is -0.131. The van der Waals surface area contributed by atoms with Crippen molar-refractivity contribution in [2.45, 2.75) is 33.1 Å². The van der Waals surface area contributed by atoms with E-state index in [4.69, 9.17) is 5.11 Å². The standard InChI is InChI=1S/C28H25FN2O2S/c1-16-14-17(2)34-27(16)26(19-4-3-5-19)25(20-9-6-18(7-10-20)8-13-24(32)33)21-11-12-23-22(15-21)28(29)31-30-23/h6-15,19H,3-5H2,1-2H3,(H,30,31)(H,32,33). The third-order valence-electron chi connectivity index (χ3n) is 6.49. The van der Waals surface area contributed by atoms with E-state index in [0.717, 1.165) is 41.2 Å². The number of carbonyl (C=O) groups is 1. The summed E-state index contributed by atoms with van der Waals surface area (Å²) in [5.41, 5.74) is 7.15. The highest BCUT2D eigenvalue weighted by atomic mass is 32.1. The predicted molar refractivity (Wildman–Crippen MR) is 136 cm³/mol. The zero-order valence-corrected chi connectivity index (χ0v) is 19.9. The molecule has 0 radical (unpaired) electrons. The number of nitrogens with one attached hydrogen (secondary N) is 1. The van der Waals surface area contributed by atoms with Crippen LogP contribution in [0.5, 0.6) is 0 Å². The molecule has 0 unspecified atom stereocenters. The number of nitrogens with zero attached hydrogens (tertiary/aromatic N) is 1. The number of thiophene rings is 1. The number of hydrogen-bond donors (Lipinski definition) is 2. The maximum absolute atomic E-state index is 14.4. The molecule has 34 heavy (non-hydrogen) atoms. The number of aromatic amines is 1. The smallest absolute Gasteiger partial charge is 0.328 e. The van der Waals surface area contributed by atoms with Crippen molar-refractivity contribution in [1.29, 1.82) is 0 Å². The molecule has 4 aromatic rings. The first kappa shape index (κ1) is 22.3. The molecule has 5 rings (SSSR count). The van der Waals surface area contributed by atoms with E-state index in [1.54, 1.807) is 6.08 Å². The van der Waals surface area contributed by atoms with Gasteiger partial charge in [0.1, 0.15) is 0 Å². The molecule has 2 heterocycles. The number of hydrogen-bond acceptors (Lipinski definition) is 3. The minimum absolute atomic E-state index is 0.447. The second-order valence-corrected chi connectivity index (χ2v) is 10.1. The second kappa shape index (κ2) is 9.03. The molecule has 1 aliphatic rings. The number of carboxylic acids is 1. The third kappa shape index (κ3) is 4.21. The Hall–Kier alpha value is -3.51. The van der Waals surface area contributed by atoms with Gasteiger partial charge in [-0.05, 0) is 90.3 Å². The Bertz CT molecular complexity index is 1440. The summed E-state index contributed by atoms with van der Waals surface area (Å²) in [6.45, 7) is 4.30. The van der Waals surface area contributed by atoms with Gasteiger partial charge < -0.3 is 5.11 Å². The Morgan fingerprint density at radius 2 is 1.85 bits per heavy atom. The highest BCUT2D eigenvalue weighted by Gasteiger charge is 2.29. The Morgan fingerprint density at radius 3 is 2.47 bits per heavy atom. The second-order valence-electron chi connectivity index (χ2n) is 8.85. The number of H-pyrrole nitrogens is 1. The molecular weight excluding hydrogens is 447 g/mol. The maximum atomic E-state index is 14.4. The first-order valence-electron chi connectivity index (χ1n) is 11.4. The minimum atomic E-state index is -0.976.